The van der Waals surface area contributed by atoms with Crippen LogP contribution in [0.2, 0.25) is 0 Å². The molecule has 1 aliphatic heterocycles. The van der Waals surface area contributed by atoms with Gasteiger partial charge in [0.15, 0.2) is 0 Å². The van der Waals surface area contributed by atoms with E-state index in [1.54, 1.807) is 11.3 Å². The van der Waals surface area contributed by atoms with Crippen LogP contribution in [0.15, 0.2) is 6.07 Å². The quantitative estimate of drug-likeness (QED) is 0.853. The maximum Gasteiger partial charge on any atom is 0.264 e. The molecule has 2 heterocycles. The van der Waals surface area contributed by atoms with Crippen molar-refractivity contribution in [1.82, 2.24) is 9.80 Å². The van der Waals surface area contributed by atoms with E-state index in [2.05, 4.69) is 36.6 Å². The van der Waals surface area contributed by atoms with Gasteiger partial charge in [0.05, 0.1) is 4.88 Å². The zero-order valence-corrected chi connectivity index (χ0v) is 14.9. The molecule has 4 heteroatoms. The molecular formula is C18H28N2OS. The summed E-state index contributed by atoms with van der Waals surface area (Å²) in [6.45, 7) is 11.8. The fourth-order valence-corrected chi connectivity index (χ4v) is 4.79. The Bertz CT molecular complexity index is 529. The normalized spacial score (nSPS) is 22.9. The molecule has 22 heavy (non-hydrogen) atoms. The first-order chi connectivity index (χ1) is 10.5. The first-order valence-corrected chi connectivity index (χ1v) is 9.47. The van der Waals surface area contributed by atoms with Crippen LogP contribution in [0.5, 0.6) is 0 Å². The van der Waals surface area contributed by atoms with E-state index in [4.69, 9.17) is 0 Å². The highest BCUT2D eigenvalue weighted by molar-refractivity contribution is 7.14. The average molecular weight is 321 g/mol. The molecule has 1 fully saturated rings. The number of thiophene rings is 1. The molecular weight excluding hydrogens is 292 g/mol. The zero-order chi connectivity index (χ0) is 15.7. The maximum absolute atomic E-state index is 12.7. The molecule has 0 N–H and O–H groups in total. The van der Waals surface area contributed by atoms with Crippen LogP contribution in [-0.2, 0) is 12.8 Å². The molecule has 0 bridgehead atoms. The number of hydrogen-bond acceptors (Lipinski definition) is 3. The Kier molecular flexibility index (Phi) is 4.88. The van der Waals surface area contributed by atoms with Gasteiger partial charge >= 0.3 is 0 Å². The highest BCUT2D eigenvalue weighted by atomic mass is 32.1. The number of carbonyl (C=O) groups is 1. The Balaban J connectivity index is 1.61. The van der Waals surface area contributed by atoms with Crippen LogP contribution in [0.3, 0.4) is 0 Å². The summed E-state index contributed by atoms with van der Waals surface area (Å²) in [4.78, 5) is 19.7. The number of hydrogen-bond donors (Lipinski definition) is 0. The Labute approximate surface area is 138 Å². The lowest BCUT2D eigenvalue weighted by Crippen LogP contribution is -2.49. The first kappa shape index (κ1) is 16.0. The highest BCUT2D eigenvalue weighted by Gasteiger charge is 2.26. The van der Waals surface area contributed by atoms with E-state index in [9.17, 15) is 4.79 Å². The van der Waals surface area contributed by atoms with Gasteiger partial charge in [-0.2, -0.15) is 0 Å². The lowest BCUT2D eigenvalue weighted by atomic mass is 9.90. The molecule has 1 unspecified atom stereocenters. The SMILES string of the molecule is CC(C)CN1CCN(C(=O)c2cc3c(s2)CCC(C)C3)CC1. The molecule has 2 aliphatic rings. The largest absolute Gasteiger partial charge is 0.335 e. The van der Waals surface area contributed by atoms with Gasteiger partial charge in [0.2, 0.25) is 0 Å². The summed E-state index contributed by atoms with van der Waals surface area (Å²) in [5, 5.41) is 0. The molecule has 1 saturated heterocycles. The topological polar surface area (TPSA) is 23.6 Å². The number of piperazine rings is 1. The van der Waals surface area contributed by atoms with Gasteiger partial charge in [-0.15, -0.1) is 11.3 Å². The van der Waals surface area contributed by atoms with Crippen molar-refractivity contribution >= 4 is 17.2 Å². The average Bonchev–Trinajstić information content (AvgIpc) is 2.89. The highest BCUT2D eigenvalue weighted by Crippen LogP contribution is 2.32. The molecule has 1 aliphatic carbocycles. The van der Waals surface area contributed by atoms with Gasteiger partial charge in [-0.25, -0.2) is 0 Å². The van der Waals surface area contributed by atoms with E-state index < -0.39 is 0 Å². The van der Waals surface area contributed by atoms with Gasteiger partial charge in [-0.3, -0.25) is 9.69 Å². The molecule has 3 nitrogen and oxygen atoms in total. The van der Waals surface area contributed by atoms with Crippen LogP contribution in [0.4, 0.5) is 0 Å². The summed E-state index contributed by atoms with van der Waals surface area (Å²) in [6, 6.07) is 2.18. The monoisotopic (exact) mass is 320 g/mol. The van der Waals surface area contributed by atoms with Gasteiger partial charge in [-0.1, -0.05) is 20.8 Å². The molecule has 0 aromatic carbocycles. The summed E-state index contributed by atoms with van der Waals surface area (Å²) in [6.07, 6.45) is 3.59. The minimum Gasteiger partial charge on any atom is -0.335 e. The van der Waals surface area contributed by atoms with E-state index in [-0.39, 0.29) is 5.91 Å². The Morgan fingerprint density at radius 1 is 1.32 bits per heavy atom. The van der Waals surface area contributed by atoms with Crippen LogP contribution in [0.25, 0.3) is 0 Å². The van der Waals surface area contributed by atoms with Crippen molar-refractivity contribution < 1.29 is 4.79 Å². The molecule has 122 valence electrons. The predicted octanol–water partition coefficient (Wildman–Crippen LogP) is 3.29. The minimum absolute atomic E-state index is 0.260. The van der Waals surface area contributed by atoms with Crippen LogP contribution >= 0.6 is 11.3 Å². The van der Waals surface area contributed by atoms with Crippen molar-refractivity contribution in [2.24, 2.45) is 11.8 Å². The third kappa shape index (κ3) is 3.54. The van der Waals surface area contributed by atoms with E-state index in [1.165, 1.54) is 16.9 Å². The van der Waals surface area contributed by atoms with Gasteiger partial charge < -0.3 is 4.90 Å². The molecule has 0 spiro atoms. The number of rotatable bonds is 3. The Hall–Kier alpha value is -0.870. The summed E-state index contributed by atoms with van der Waals surface area (Å²) >= 11 is 1.75. The number of carbonyl (C=O) groups excluding carboxylic acids is 1. The fraction of sp³-hybridized carbons (Fsp3) is 0.722. The number of fused-ring (bicyclic) bond motifs is 1. The van der Waals surface area contributed by atoms with Crippen LogP contribution in [0, 0.1) is 11.8 Å². The summed E-state index contributed by atoms with van der Waals surface area (Å²) in [5.41, 5.74) is 1.44. The Morgan fingerprint density at radius 3 is 2.73 bits per heavy atom. The van der Waals surface area contributed by atoms with Gasteiger partial charge in [-0.05, 0) is 42.7 Å². The molecule has 1 aromatic rings. The van der Waals surface area contributed by atoms with Crippen LogP contribution < -0.4 is 0 Å². The predicted molar refractivity (Wildman–Crippen MR) is 92.7 cm³/mol. The third-order valence-corrected chi connectivity index (χ3v) is 6.05. The number of amides is 1. The molecule has 1 aromatic heterocycles. The minimum atomic E-state index is 0.260. The Morgan fingerprint density at radius 2 is 2.05 bits per heavy atom. The second-order valence-corrected chi connectivity index (χ2v) is 8.53. The number of aryl methyl sites for hydroxylation is 1. The third-order valence-electron chi connectivity index (χ3n) is 4.82. The smallest absolute Gasteiger partial charge is 0.264 e. The van der Waals surface area contributed by atoms with Crippen LogP contribution in [-0.4, -0.2) is 48.4 Å². The van der Waals surface area contributed by atoms with Crippen molar-refractivity contribution in [3.63, 3.8) is 0 Å². The van der Waals surface area contributed by atoms with Crippen molar-refractivity contribution in [3.8, 4) is 0 Å². The second kappa shape index (κ2) is 6.71. The van der Waals surface area contributed by atoms with Gasteiger partial charge in [0.1, 0.15) is 0 Å². The lowest BCUT2D eigenvalue weighted by molar-refractivity contribution is 0.0628. The van der Waals surface area contributed by atoms with Crippen LogP contribution in [0.1, 0.15) is 47.3 Å². The van der Waals surface area contributed by atoms with Crippen molar-refractivity contribution in [3.05, 3.63) is 21.4 Å². The van der Waals surface area contributed by atoms with Gasteiger partial charge in [0, 0.05) is 37.6 Å². The molecule has 0 radical (unpaired) electrons. The van der Waals surface area contributed by atoms with E-state index in [0.29, 0.717) is 5.92 Å². The fourth-order valence-electron chi connectivity index (χ4n) is 3.62. The van der Waals surface area contributed by atoms with Crippen molar-refractivity contribution in [2.75, 3.05) is 32.7 Å². The summed E-state index contributed by atoms with van der Waals surface area (Å²) in [5.74, 6) is 1.73. The summed E-state index contributed by atoms with van der Waals surface area (Å²) in [7, 11) is 0. The van der Waals surface area contributed by atoms with E-state index >= 15 is 0 Å². The molecule has 1 atom stereocenters. The standard InChI is InChI=1S/C18H28N2OS/c1-13(2)12-19-6-8-20(9-7-19)18(21)17-11-15-10-14(3)4-5-16(15)22-17/h11,13-14H,4-10,12H2,1-3H3. The number of nitrogens with zero attached hydrogens (tertiary/aromatic N) is 2. The molecule has 3 rings (SSSR count). The van der Waals surface area contributed by atoms with E-state index in [0.717, 1.165) is 56.4 Å². The van der Waals surface area contributed by atoms with Crippen molar-refractivity contribution in [2.45, 2.75) is 40.0 Å². The molecule has 0 saturated carbocycles. The lowest BCUT2D eigenvalue weighted by Gasteiger charge is -2.35. The second-order valence-electron chi connectivity index (χ2n) is 7.39. The maximum atomic E-state index is 12.7. The summed E-state index contributed by atoms with van der Waals surface area (Å²) < 4.78 is 0. The zero-order valence-electron chi connectivity index (χ0n) is 14.1. The molecule has 1 amide bonds. The van der Waals surface area contributed by atoms with Gasteiger partial charge in [0.25, 0.3) is 5.91 Å². The van der Waals surface area contributed by atoms with Crippen molar-refractivity contribution in [1.29, 1.82) is 0 Å². The first-order valence-electron chi connectivity index (χ1n) is 8.66. The van der Waals surface area contributed by atoms with E-state index in [1.807, 2.05) is 0 Å².